The summed E-state index contributed by atoms with van der Waals surface area (Å²) in [6.07, 6.45) is 0.00549. The molecule has 0 aliphatic carbocycles. The van der Waals surface area contributed by atoms with Gasteiger partial charge in [0.15, 0.2) is 10.8 Å². The van der Waals surface area contributed by atoms with Crippen molar-refractivity contribution >= 4 is 22.4 Å². The predicted octanol–water partition coefficient (Wildman–Crippen LogP) is 0.669. The van der Waals surface area contributed by atoms with Crippen LogP contribution in [0, 0.1) is 0 Å². The summed E-state index contributed by atoms with van der Waals surface area (Å²) in [6, 6.07) is 0. The molecular formula is C9H12N2O4S. The second-order valence-electron chi connectivity index (χ2n) is 3.29. The number of carbonyl (C=O) groups is 1. The summed E-state index contributed by atoms with van der Waals surface area (Å²) < 4.78 is 10.7. The first kappa shape index (κ1) is 11.3. The van der Waals surface area contributed by atoms with Gasteiger partial charge in [0.05, 0.1) is 25.9 Å². The molecule has 88 valence electrons. The fourth-order valence-electron chi connectivity index (χ4n) is 1.31. The highest BCUT2D eigenvalue weighted by Crippen LogP contribution is 2.15. The van der Waals surface area contributed by atoms with Crippen molar-refractivity contribution in [2.75, 3.05) is 31.7 Å². The SMILES string of the molecule is O=C(O)c1csc(NCC2COCCO2)n1. The van der Waals surface area contributed by atoms with Crippen molar-refractivity contribution in [1.29, 1.82) is 0 Å². The zero-order chi connectivity index (χ0) is 11.4. The molecule has 0 radical (unpaired) electrons. The molecule has 1 saturated heterocycles. The lowest BCUT2D eigenvalue weighted by Gasteiger charge is -2.22. The fourth-order valence-corrected chi connectivity index (χ4v) is 2.00. The maximum absolute atomic E-state index is 10.6. The van der Waals surface area contributed by atoms with Gasteiger partial charge in [-0.3, -0.25) is 0 Å². The Bertz CT molecular complexity index is 362. The van der Waals surface area contributed by atoms with Gasteiger partial charge >= 0.3 is 5.97 Å². The van der Waals surface area contributed by atoms with Crippen molar-refractivity contribution < 1.29 is 19.4 Å². The molecule has 6 nitrogen and oxygen atoms in total. The first-order chi connectivity index (χ1) is 7.75. The highest BCUT2D eigenvalue weighted by atomic mass is 32.1. The van der Waals surface area contributed by atoms with Crippen molar-refractivity contribution in [3.8, 4) is 0 Å². The topological polar surface area (TPSA) is 80.7 Å². The average Bonchev–Trinajstić information content (AvgIpc) is 2.76. The third kappa shape index (κ3) is 2.91. The van der Waals surface area contributed by atoms with E-state index in [1.54, 1.807) is 0 Å². The van der Waals surface area contributed by atoms with Crippen LogP contribution in [-0.4, -0.2) is 48.5 Å². The molecule has 1 fully saturated rings. The number of nitrogens with zero attached hydrogens (tertiary/aromatic N) is 1. The van der Waals surface area contributed by atoms with Gasteiger partial charge in [-0.25, -0.2) is 9.78 Å². The number of thiazole rings is 1. The van der Waals surface area contributed by atoms with E-state index < -0.39 is 5.97 Å². The Hall–Kier alpha value is -1.18. The van der Waals surface area contributed by atoms with Crippen LogP contribution in [0.15, 0.2) is 5.38 Å². The number of carboxylic acids is 1. The van der Waals surface area contributed by atoms with Gasteiger partial charge in [0.1, 0.15) is 0 Å². The van der Waals surface area contributed by atoms with Crippen molar-refractivity contribution in [3.63, 3.8) is 0 Å². The van der Waals surface area contributed by atoms with Crippen molar-refractivity contribution in [2.24, 2.45) is 0 Å². The quantitative estimate of drug-likeness (QED) is 0.810. The third-order valence-corrected chi connectivity index (χ3v) is 2.89. The molecule has 1 aliphatic heterocycles. The number of anilines is 1. The Morgan fingerprint density at radius 2 is 2.56 bits per heavy atom. The Labute approximate surface area is 96.2 Å². The summed E-state index contributed by atoms with van der Waals surface area (Å²) in [4.78, 5) is 14.5. The van der Waals surface area contributed by atoms with Crippen molar-refractivity contribution in [2.45, 2.75) is 6.10 Å². The van der Waals surface area contributed by atoms with Crippen LogP contribution in [-0.2, 0) is 9.47 Å². The van der Waals surface area contributed by atoms with E-state index in [0.29, 0.717) is 31.5 Å². The van der Waals surface area contributed by atoms with Crippen molar-refractivity contribution in [3.05, 3.63) is 11.1 Å². The number of nitrogens with one attached hydrogen (secondary N) is 1. The number of rotatable bonds is 4. The zero-order valence-corrected chi connectivity index (χ0v) is 9.33. The van der Waals surface area contributed by atoms with E-state index in [9.17, 15) is 4.79 Å². The largest absolute Gasteiger partial charge is 0.476 e. The summed E-state index contributed by atoms with van der Waals surface area (Å²) in [5, 5.41) is 13.8. The molecule has 0 saturated carbocycles. The average molecular weight is 244 g/mol. The van der Waals surface area contributed by atoms with E-state index in [-0.39, 0.29) is 11.8 Å². The van der Waals surface area contributed by atoms with Gasteiger partial charge in [-0.1, -0.05) is 0 Å². The summed E-state index contributed by atoms with van der Waals surface area (Å²) in [5.41, 5.74) is 0.0633. The molecule has 16 heavy (non-hydrogen) atoms. The van der Waals surface area contributed by atoms with Gasteiger partial charge in [-0.05, 0) is 0 Å². The molecule has 0 amide bonds. The van der Waals surface area contributed by atoms with Crippen LogP contribution in [0.4, 0.5) is 5.13 Å². The Morgan fingerprint density at radius 1 is 1.69 bits per heavy atom. The number of aromatic carboxylic acids is 1. The van der Waals surface area contributed by atoms with Crippen LogP contribution < -0.4 is 5.32 Å². The van der Waals surface area contributed by atoms with E-state index in [1.807, 2.05) is 0 Å². The number of hydrogen-bond donors (Lipinski definition) is 2. The molecule has 0 bridgehead atoms. The smallest absolute Gasteiger partial charge is 0.355 e. The molecule has 0 spiro atoms. The molecule has 1 aliphatic rings. The minimum Gasteiger partial charge on any atom is -0.476 e. The van der Waals surface area contributed by atoms with Crippen LogP contribution in [0.25, 0.3) is 0 Å². The Kier molecular flexibility index (Phi) is 3.70. The Balaban J connectivity index is 1.81. The van der Waals surface area contributed by atoms with E-state index in [2.05, 4.69) is 10.3 Å². The number of aromatic nitrogens is 1. The Morgan fingerprint density at radius 3 is 3.19 bits per heavy atom. The number of hydrogen-bond acceptors (Lipinski definition) is 6. The molecule has 0 aromatic carbocycles. The third-order valence-electron chi connectivity index (χ3n) is 2.09. The second-order valence-corrected chi connectivity index (χ2v) is 4.15. The minimum atomic E-state index is -1.01. The maximum Gasteiger partial charge on any atom is 0.355 e. The molecule has 1 atom stereocenters. The van der Waals surface area contributed by atoms with E-state index in [4.69, 9.17) is 14.6 Å². The molecular weight excluding hydrogens is 232 g/mol. The lowest BCUT2D eigenvalue weighted by Crippen LogP contribution is -2.34. The highest BCUT2D eigenvalue weighted by Gasteiger charge is 2.15. The lowest BCUT2D eigenvalue weighted by atomic mass is 10.3. The van der Waals surface area contributed by atoms with Gasteiger partial charge in [0, 0.05) is 11.9 Å². The number of carboxylic acid groups (broad SMARTS) is 1. The second kappa shape index (κ2) is 5.24. The normalized spacial score (nSPS) is 20.6. The van der Waals surface area contributed by atoms with Gasteiger partial charge < -0.3 is 19.9 Å². The molecule has 1 aromatic heterocycles. The number of ether oxygens (including phenoxy) is 2. The summed E-state index contributed by atoms with van der Waals surface area (Å²) in [7, 11) is 0. The zero-order valence-electron chi connectivity index (χ0n) is 8.51. The molecule has 1 aromatic rings. The standard InChI is InChI=1S/C9H12N2O4S/c12-8(13)7-5-16-9(11-7)10-3-6-4-14-1-2-15-6/h5-6H,1-4H2,(H,10,11)(H,12,13). The first-order valence-electron chi connectivity index (χ1n) is 4.88. The maximum atomic E-state index is 10.6. The van der Waals surface area contributed by atoms with Crippen LogP contribution in [0.1, 0.15) is 10.5 Å². The molecule has 7 heteroatoms. The fraction of sp³-hybridized carbons (Fsp3) is 0.556. The molecule has 2 heterocycles. The van der Waals surface area contributed by atoms with E-state index >= 15 is 0 Å². The summed E-state index contributed by atoms with van der Waals surface area (Å²) in [5.74, 6) is -1.01. The van der Waals surface area contributed by atoms with Crippen LogP contribution in [0.3, 0.4) is 0 Å². The van der Waals surface area contributed by atoms with Gasteiger partial charge in [-0.2, -0.15) is 0 Å². The molecule has 2 N–H and O–H groups in total. The molecule has 1 unspecified atom stereocenters. The monoisotopic (exact) mass is 244 g/mol. The van der Waals surface area contributed by atoms with Gasteiger partial charge in [0.25, 0.3) is 0 Å². The summed E-state index contributed by atoms with van der Waals surface area (Å²) in [6.45, 7) is 2.37. The van der Waals surface area contributed by atoms with E-state index in [0.717, 1.165) is 0 Å². The van der Waals surface area contributed by atoms with Crippen LogP contribution in [0.5, 0.6) is 0 Å². The van der Waals surface area contributed by atoms with Gasteiger partial charge in [-0.15, -0.1) is 11.3 Å². The van der Waals surface area contributed by atoms with Gasteiger partial charge in [0.2, 0.25) is 0 Å². The molecule has 2 rings (SSSR count). The van der Waals surface area contributed by atoms with Crippen LogP contribution >= 0.6 is 11.3 Å². The minimum absolute atomic E-state index is 0.00549. The lowest BCUT2D eigenvalue weighted by molar-refractivity contribution is -0.0818. The van der Waals surface area contributed by atoms with Crippen LogP contribution in [0.2, 0.25) is 0 Å². The summed E-state index contributed by atoms with van der Waals surface area (Å²) >= 11 is 1.27. The van der Waals surface area contributed by atoms with E-state index in [1.165, 1.54) is 16.7 Å². The first-order valence-corrected chi connectivity index (χ1v) is 5.75. The van der Waals surface area contributed by atoms with Crippen molar-refractivity contribution in [1.82, 2.24) is 4.98 Å². The highest BCUT2D eigenvalue weighted by molar-refractivity contribution is 7.13. The predicted molar refractivity (Wildman–Crippen MR) is 58.1 cm³/mol.